The summed E-state index contributed by atoms with van der Waals surface area (Å²) >= 11 is 0. The number of anilines is 1. The number of benzene rings is 1. The average molecular weight is 265 g/mol. The Kier molecular flexibility index (Phi) is 5.18. The molecule has 0 spiro atoms. The predicted octanol–water partition coefficient (Wildman–Crippen LogP) is 0.985. The van der Waals surface area contributed by atoms with Crippen molar-refractivity contribution in [1.29, 1.82) is 0 Å². The third-order valence-electron chi connectivity index (χ3n) is 2.81. The number of amides is 1. The maximum atomic E-state index is 11.6. The molecule has 0 saturated heterocycles. The molecule has 0 aromatic heterocycles. The zero-order valence-electron chi connectivity index (χ0n) is 12.1. The van der Waals surface area contributed by atoms with E-state index in [-0.39, 0.29) is 5.91 Å². The van der Waals surface area contributed by atoms with Crippen LogP contribution in [0.3, 0.4) is 0 Å². The van der Waals surface area contributed by atoms with Crippen LogP contribution in [0.15, 0.2) is 24.3 Å². The van der Waals surface area contributed by atoms with Crippen LogP contribution in [0.4, 0.5) is 5.69 Å². The van der Waals surface area contributed by atoms with E-state index in [9.17, 15) is 4.79 Å². The highest BCUT2D eigenvalue weighted by Gasteiger charge is 2.20. The van der Waals surface area contributed by atoms with Gasteiger partial charge >= 0.3 is 0 Å². The molecule has 0 saturated carbocycles. The fraction of sp³-hybridized carbons (Fsp3) is 0.500. The van der Waals surface area contributed by atoms with E-state index < -0.39 is 5.54 Å². The average Bonchev–Trinajstić information content (AvgIpc) is 2.37. The number of hydrogen-bond acceptors (Lipinski definition) is 4. The summed E-state index contributed by atoms with van der Waals surface area (Å²) in [7, 11) is 3.61. The Labute approximate surface area is 114 Å². The Morgan fingerprint density at radius 3 is 2.74 bits per heavy atom. The molecule has 19 heavy (non-hydrogen) atoms. The van der Waals surface area contributed by atoms with Gasteiger partial charge in [-0.05, 0) is 26.0 Å². The monoisotopic (exact) mass is 265 g/mol. The first kappa shape index (κ1) is 15.3. The zero-order chi connectivity index (χ0) is 14.5. The fourth-order valence-corrected chi connectivity index (χ4v) is 1.54. The van der Waals surface area contributed by atoms with Gasteiger partial charge in [0.1, 0.15) is 5.75 Å². The van der Waals surface area contributed by atoms with Crippen LogP contribution in [0.1, 0.15) is 13.8 Å². The molecule has 0 radical (unpaired) electrons. The molecule has 0 aliphatic rings. The van der Waals surface area contributed by atoms with Crippen molar-refractivity contribution >= 4 is 11.6 Å². The fourth-order valence-electron chi connectivity index (χ4n) is 1.54. The largest absolute Gasteiger partial charge is 0.497 e. The van der Waals surface area contributed by atoms with Gasteiger partial charge in [0.2, 0.25) is 5.91 Å². The molecule has 5 nitrogen and oxygen atoms in total. The molecular formula is C14H23N3O2. The summed E-state index contributed by atoms with van der Waals surface area (Å²) in [5, 5.41) is 2.82. The first-order valence-corrected chi connectivity index (χ1v) is 6.27. The van der Waals surface area contributed by atoms with Crippen LogP contribution in [-0.4, -0.2) is 38.7 Å². The lowest BCUT2D eigenvalue weighted by Gasteiger charge is -2.22. The van der Waals surface area contributed by atoms with Crippen LogP contribution in [0, 0.1) is 0 Å². The summed E-state index contributed by atoms with van der Waals surface area (Å²) in [5.74, 6) is 0.669. The summed E-state index contributed by atoms with van der Waals surface area (Å²) in [4.78, 5) is 13.7. The van der Waals surface area contributed by atoms with E-state index in [0.29, 0.717) is 13.1 Å². The minimum Gasteiger partial charge on any atom is -0.497 e. The molecule has 0 aliphatic heterocycles. The number of nitrogens with one attached hydrogen (secondary N) is 1. The molecule has 1 aromatic rings. The zero-order valence-corrected chi connectivity index (χ0v) is 12.1. The Balaban J connectivity index is 2.47. The van der Waals surface area contributed by atoms with Gasteiger partial charge in [-0.25, -0.2) is 0 Å². The van der Waals surface area contributed by atoms with Crippen LogP contribution in [0.5, 0.6) is 5.75 Å². The number of carbonyl (C=O) groups excluding carboxylic acids is 1. The second-order valence-electron chi connectivity index (χ2n) is 5.10. The van der Waals surface area contributed by atoms with Gasteiger partial charge in [-0.1, -0.05) is 6.07 Å². The first-order valence-electron chi connectivity index (χ1n) is 6.27. The summed E-state index contributed by atoms with van der Waals surface area (Å²) in [6.07, 6.45) is 0. The molecule has 0 heterocycles. The van der Waals surface area contributed by atoms with Crippen LogP contribution < -0.4 is 20.7 Å². The third-order valence-corrected chi connectivity index (χ3v) is 2.81. The van der Waals surface area contributed by atoms with Crippen molar-refractivity contribution in [3.63, 3.8) is 0 Å². The second kappa shape index (κ2) is 6.43. The summed E-state index contributed by atoms with van der Waals surface area (Å²) in [6.45, 7) is 4.63. The Morgan fingerprint density at radius 2 is 2.16 bits per heavy atom. The van der Waals surface area contributed by atoms with Gasteiger partial charge in [0.25, 0.3) is 0 Å². The number of rotatable bonds is 6. The van der Waals surface area contributed by atoms with Gasteiger partial charge in [0.15, 0.2) is 0 Å². The van der Waals surface area contributed by atoms with Crippen molar-refractivity contribution in [2.45, 2.75) is 19.4 Å². The molecule has 0 unspecified atom stereocenters. The van der Waals surface area contributed by atoms with Crippen molar-refractivity contribution in [3.8, 4) is 5.75 Å². The lowest BCUT2D eigenvalue weighted by atomic mass is 10.1. The van der Waals surface area contributed by atoms with Crippen molar-refractivity contribution < 1.29 is 9.53 Å². The minimum atomic E-state index is -0.839. The number of hydrogen-bond donors (Lipinski definition) is 2. The SMILES string of the molecule is COc1cccc(N(C)CCNC(=O)C(C)(C)N)c1. The van der Waals surface area contributed by atoms with E-state index in [4.69, 9.17) is 10.5 Å². The minimum absolute atomic E-state index is 0.147. The standard InChI is InChI=1S/C14H23N3O2/c1-14(2,15)13(18)16-8-9-17(3)11-6-5-7-12(10-11)19-4/h5-7,10H,8-9,15H2,1-4H3,(H,16,18). The Bertz CT molecular complexity index is 427. The van der Waals surface area contributed by atoms with Crippen LogP contribution in [0.2, 0.25) is 0 Å². The predicted molar refractivity (Wildman–Crippen MR) is 77.5 cm³/mol. The highest BCUT2D eigenvalue weighted by Crippen LogP contribution is 2.19. The lowest BCUT2D eigenvalue weighted by Crippen LogP contribution is -2.50. The van der Waals surface area contributed by atoms with E-state index >= 15 is 0 Å². The van der Waals surface area contributed by atoms with E-state index in [0.717, 1.165) is 11.4 Å². The molecule has 0 bridgehead atoms. The lowest BCUT2D eigenvalue weighted by molar-refractivity contribution is -0.125. The smallest absolute Gasteiger partial charge is 0.239 e. The molecule has 1 aromatic carbocycles. The van der Waals surface area contributed by atoms with E-state index in [1.54, 1.807) is 21.0 Å². The van der Waals surface area contributed by atoms with Crippen molar-refractivity contribution in [1.82, 2.24) is 5.32 Å². The summed E-state index contributed by atoms with van der Waals surface area (Å²) < 4.78 is 5.18. The van der Waals surface area contributed by atoms with E-state index in [2.05, 4.69) is 5.32 Å². The van der Waals surface area contributed by atoms with Crippen LogP contribution in [-0.2, 0) is 4.79 Å². The van der Waals surface area contributed by atoms with Gasteiger partial charge in [0, 0.05) is 31.9 Å². The van der Waals surface area contributed by atoms with E-state index in [1.807, 2.05) is 36.2 Å². The number of ether oxygens (including phenoxy) is 1. The maximum absolute atomic E-state index is 11.6. The Morgan fingerprint density at radius 1 is 1.47 bits per heavy atom. The number of nitrogens with zero attached hydrogens (tertiary/aromatic N) is 1. The molecule has 1 rings (SSSR count). The van der Waals surface area contributed by atoms with Gasteiger partial charge in [-0.2, -0.15) is 0 Å². The van der Waals surface area contributed by atoms with Gasteiger partial charge < -0.3 is 20.7 Å². The molecule has 106 valence electrons. The number of methoxy groups -OCH3 is 1. The third kappa shape index (κ3) is 4.79. The summed E-state index contributed by atoms with van der Waals surface area (Å²) in [5.41, 5.74) is 5.91. The quantitative estimate of drug-likeness (QED) is 0.805. The molecule has 0 fully saturated rings. The molecule has 0 atom stereocenters. The van der Waals surface area contributed by atoms with Crippen molar-refractivity contribution in [2.24, 2.45) is 5.73 Å². The van der Waals surface area contributed by atoms with Gasteiger partial charge in [-0.3, -0.25) is 4.79 Å². The van der Waals surface area contributed by atoms with Gasteiger partial charge in [0.05, 0.1) is 12.6 Å². The molecule has 1 amide bonds. The highest BCUT2D eigenvalue weighted by molar-refractivity contribution is 5.85. The number of nitrogens with two attached hydrogens (primary N) is 1. The number of likely N-dealkylation sites (N-methyl/N-ethyl adjacent to an activating group) is 1. The molecule has 3 N–H and O–H groups in total. The van der Waals surface area contributed by atoms with Crippen molar-refractivity contribution in [2.75, 3.05) is 32.1 Å². The van der Waals surface area contributed by atoms with Crippen LogP contribution in [0.25, 0.3) is 0 Å². The topological polar surface area (TPSA) is 67.6 Å². The Hall–Kier alpha value is -1.75. The summed E-state index contributed by atoms with van der Waals surface area (Å²) in [6, 6.07) is 7.79. The normalized spacial score (nSPS) is 11.0. The molecular weight excluding hydrogens is 242 g/mol. The maximum Gasteiger partial charge on any atom is 0.239 e. The van der Waals surface area contributed by atoms with Gasteiger partial charge in [-0.15, -0.1) is 0 Å². The number of carbonyl (C=O) groups is 1. The molecule has 5 heteroatoms. The second-order valence-corrected chi connectivity index (χ2v) is 5.10. The first-order chi connectivity index (χ1) is 8.84. The molecule has 0 aliphatic carbocycles. The highest BCUT2D eigenvalue weighted by atomic mass is 16.5. The van der Waals surface area contributed by atoms with Crippen LogP contribution >= 0.6 is 0 Å². The van der Waals surface area contributed by atoms with E-state index in [1.165, 1.54) is 0 Å². The van der Waals surface area contributed by atoms with Crippen molar-refractivity contribution in [3.05, 3.63) is 24.3 Å².